The number of ketones is 1. The van der Waals surface area contributed by atoms with E-state index in [1.54, 1.807) is 12.2 Å². The first-order chi connectivity index (χ1) is 12.6. The minimum absolute atomic E-state index is 0.0217. The van der Waals surface area contributed by atoms with Gasteiger partial charge in [0.2, 0.25) is 0 Å². The van der Waals surface area contributed by atoms with Gasteiger partial charge in [-0.1, -0.05) is 32.4 Å². The van der Waals surface area contributed by atoms with Crippen molar-refractivity contribution in [3.63, 3.8) is 0 Å². The van der Waals surface area contributed by atoms with Crippen LogP contribution in [0.4, 0.5) is 0 Å². The topological polar surface area (TPSA) is 94.8 Å². The van der Waals surface area contributed by atoms with E-state index < -0.39 is 18.2 Å². The first-order valence-electron chi connectivity index (χ1n) is 10.1. The molecule has 9 atom stereocenters. The number of carboxylic acid groups (broad SMARTS) is 1. The van der Waals surface area contributed by atoms with Crippen molar-refractivity contribution in [2.75, 3.05) is 0 Å². The predicted molar refractivity (Wildman–Crippen MR) is 99.7 cm³/mol. The van der Waals surface area contributed by atoms with E-state index in [0.717, 1.165) is 18.4 Å². The smallest absolute Gasteiger partial charge is 0.332 e. The third-order valence-corrected chi connectivity index (χ3v) is 8.52. The summed E-state index contributed by atoms with van der Waals surface area (Å²) in [6.07, 6.45) is 6.42. The van der Waals surface area contributed by atoms with Gasteiger partial charge in [-0.25, -0.2) is 4.79 Å². The first-order valence-corrected chi connectivity index (χ1v) is 10.1. The van der Waals surface area contributed by atoms with Gasteiger partial charge in [-0.05, 0) is 61.0 Å². The average Bonchev–Trinajstić information content (AvgIpc) is 2.92. The minimum atomic E-state index is -1.37. The van der Waals surface area contributed by atoms with Crippen molar-refractivity contribution in [2.45, 2.75) is 58.7 Å². The highest BCUT2D eigenvalue weighted by Gasteiger charge is 2.63. The second-order valence-corrected chi connectivity index (χ2v) is 9.80. The maximum Gasteiger partial charge on any atom is 0.332 e. The second kappa shape index (κ2) is 6.02. The zero-order valence-corrected chi connectivity index (χ0v) is 16.3. The van der Waals surface area contributed by atoms with E-state index in [-0.39, 0.29) is 46.2 Å². The third kappa shape index (κ3) is 2.51. The number of fused-ring (bicyclic) bond motifs is 5. The Kier molecular flexibility index (Phi) is 4.21. The van der Waals surface area contributed by atoms with E-state index in [1.807, 2.05) is 6.08 Å². The Morgan fingerprint density at radius 3 is 2.67 bits per heavy atom. The normalized spacial score (nSPS) is 49.7. The molecule has 4 rings (SSSR count). The number of carboxylic acids is 1. The molecule has 5 heteroatoms. The molecule has 0 amide bonds. The molecule has 0 heterocycles. The maximum atomic E-state index is 12.0. The summed E-state index contributed by atoms with van der Waals surface area (Å²) < 4.78 is 0. The number of aliphatic hydroxyl groups excluding tert-OH is 2. The van der Waals surface area contributed by atoms with E-state index in [0.29, 0.717) is 12.8 Å². The van der Waals surface area contributed by atoms with Gasteiger partial charge in [0, 0.05) is 17.3 Å². The predicted octanol–water partition coefficient (Wildman–Crippen LogP) is 2.57. The molecule has 3 fully saturated rings. The van der Waals surface area contributed by atoms with Crippen LogP contribution in [0.1, 0.15) is 46.5 Å². The molecule has 3 saturated carbocycles. The highest BCUT2D eigenvalue weighted by molar-refractivity contribution is 6.01. The number of carbonyl (C=O) groups excluding carboxylic acids is 1. The van der Waals surface area contributed by atoms with Gasteiger partial charge in [0.1, 0.15) is 0 Å². The molecule has 0 saturated heterocycles. The summed E-state index contributed by atoms with van der Waals surface area (Å²) in [5.41, 5.74) is 0.420. The lowest BCUT2D eigenvalue weighted by atomic mass is 9.45. The van der Waals surface area contributed by atoms with Crippen LogP contribution >= 0.6 is 0 Å². The summed E-state index contributed by atoms with van der Waals surface area (Å²) in [6, 6.07) is 0. The quantitative estimate of drug-likeness (QED) is 0.690. The van der Waals surface area contributed by atoms with Crippen LogP contribution < -0.4 is 0 Å². The van der Waals surface area contributed by atoms with Crippen molar-refractivity contribution in [1.29, 1.82) is 0 Å². The highest BCUT2D eigenvalue weighted by atomic mass is 16.4. The lowest BCUT2D eigenvalue weighted by Crippen LogP contribution is -2.58. The fourth-order valence-electron chi connectivity index (χ4n) is 7.48. The fourth-order valence-corrected chi connectivity index (χ4v) is 7.48. The van der Waals surface area contributed by atoms with Crippen molar-refractivity contribution in [3.8, 4) is 0 Å². The van der Waals surface area contributed by atoms with Gasteiger partial charge >= 0.3 is 5.97 Å². The maximum absolute atomic E-state index is 12.0. The molecule has 148 valence electrons. The number of aliphatic carboxylic acids is 1. The van der Waals surface area contributed by atoms with E-state index in [9.17, 15) is 24.9 Å². The molecule has 4 aliphatic carbocycles. The van der Waals surface area contributed by atoms with Crippen LogP contribution in [0, 0.1) is 40.4 Å². The van der Waals surface area contributed by atoms with Crippen LogP contribution in [0.3, 0.4) is 0 Å². The van der Waals surface area contributed by atoms with Crippen LogP contribution in [-0.2, 0) is 9.59 Å². The van der Waals surface area contributed by atoms with Crippen LogP contribution in [0.25, 0.3) is 0 Å². The van der Waals surface area contributed by atoms with Crippen molar-refractivity contribution in [1.82, 2.24) is 0 Å². The Balaban J connectivity index is 1.73. The van der Waals surface area contributed by atoms with Crippen molar-refractivity contribution < 1.29 is 24.9 Å². The van der Waals surface area contributed by atoms with Crippen LogP contribution in [0.2, 0.25) is 0 Å². The Bertz CT molecular complexity index is 739. The van der Waals surface area contributed by atoms with E-state index in [1.165, 1.54) is 0 Å². The Morgan fingerprint density at radius 2 is 2.00 bits per heavy atom. The van der Waals surface area contributed by atoms with Gasteiger partial charge < -0.3 is 15.3 Å². The fraction of sp³-hybridized carbons (Fsp3) is 0.727. The minimum Gasteiger partial charge on any atom is -0.479 e. The van der Waals surface area contributed by atoms with Crippen LogP contribution in [0.5, 0.6) is 0 Å². The second-order valence-electron chi connectivity index (χ2n) is 9.80. The Labute approximate surface area is 160 Å². The number of carbonyl (C=O) groups is 2. The first kappa shape index (κ1) is 18.9. The summed E-state index contributed by atoms with van der Waals surface area (Å²) >= 11 is 0. The summed E-state index contributed by atoms with van der Waals surface area (Å²) in [5, 5.41) is 30.9. The molecule has 0 aromatic carbocycles. The lowest BCUT2D eigenvalue weighted by molar-refractivity contribution is -0.161. The molecule has 0 radical (unpaired) electrons. The molecular weight excluding hydrogens is 344 g/mol. The van der Waals surface area contributed by atoms with Gasteiger partial charge in [-0.3, -0.25) is 4.79 Å². The number of hydrogen-bond acceptors (Lipinski definition) is 4. The van der Waals surface area contributed by atoms with Crippen molar-refractivity contribution in [3.05, 3.63) is 23.8 Å². The molecule has 0 aliphatic heterocycles. The van der Waals surface area contributed by atoms with Crippen molar-refractivity contribution >= 4 is 11.8 Å². The number of hydrogen-bond donors (Lipinski definition) is 3. The molecule has 3 N–H and O–H groups in total. The van der Waals surface area contributed by atoms with E-state index in [2.05, 4.69) is 20.8 Å². The van der Waals surface area contributed by atoms with E-state index in [4.69, 9.17) is 0 Å². The zero-order valence-electron chi connectivity index (χ0n) is 16.3. The number of rotatable bonds is 2. The van der Waals surface area contributed by atoms with Crippen LogP contribution in [0.15, 0.2) is 23.8 Å². The summed E-state index contributed by atoms with van der Waals surface area (Å²) in [7, 11) is 0. The molecular formula is C22H30O5. The molecule has 5 nitrogen and oxygen atoms in total. The largest absolute Gasteiger partial charge is 0.479 e. The SMILES string of the molecule is C[C@H]1C[C@@H]2[C@H]([C@@H](O)C[C@]3(C)[C@@H](C(O)C(=O)O)CC[C@@H]23)[C@@]2(C)C=CC(=O)C=C12. The average molecular weight is 374 g/mol. The Hall–Kier alpha value is -1.46. The molecule has 4 aliphatic rings. The molecule has 0 aromatic heterocycles. The molecule has 1 unspecified atom stereocenters. The monoisotopic (exact) mass is 374 g/mol. The van der Waals surface area contributed by atoms with Gasteiger partial charge in [0.05, 0.1) is 6.10 Å². The number of aliphatic hydroxyl groups is 2. The molecule has 0 aromatic rings. The third-order valence-electron chi connectivity index (χ3n) is 8.52. The summed E-state index contributed by atoms with van der Waals surface area (Å²) in [5.74, 6) is -0.628. The van der Waals surface area contributed by atoms with Gasteiger partial charge in [0.15, 0.2) is 11.9 Å². The standard InChI is InChI=1S/C22H30O5/c1-11-8-13-14-4-5-15(19(25)20(26)27)22(14,3)10-17(24)18(13)21(2)7-6-12(23)9-16(11)21/h6-7,9,11,13-15,17-19,24-25H,4-5,8,10H2,1-3H3,(H,26,27)/t11-,13-,14-,15+,17-,18+,19?,21-,22-/m0/s1. The summed E-state index contributed by atoms with van der Waals surface area (Å²) in [6.45, 7) is 6.36. The van der Waals surface area contributed by atoms with Gasteiger partial charge in [0.25, 0.3) is 0 Å². The zero-order chi connectivity index (χ0) is 19.7. The summed E-state index contributed by atoms with van der Waals surface area (Å²) in [4.78, 5) is 23.4. The van der Waals surface area contributed by atoms with Crippen LogP contribution in [-0.4, -0.2) is 39.3 Å². The Morgan fingerprint density at radius 1 is 1.30 bits per heavy atom. The van der Waals surface area contributed by atoms with Crippen molar-refractivity contribution in [2.24, 2.45) is 40.4 Å². The molecule has 0 bridgehead atoms. The van der Waals surface area contributed by atoms with Gasteiger partial charge in [-0.15, -0.1) is 0 Å². The highest BCUT2D eigenvalue weighted by Crippen LogP contribution is 2.67. The number of allylic oxidation sites excluding steroid dienone is 4. The van der Waals surface area contributed by atoms with E-state index >= 15 is 0 Å². The molecule has 0 spiro atoms. The molecule has 27 heavy (non-hydrogen) atoms. The van der Waals surface area contributed by atoms with Gasteiger partial charge in [-0.2, -0.15) is 0 Å². The lowest BCUT2D eigenvalue weighted by Gasteiger charge is -2.60.